The molecule has 2 aromatic rings. The van der Waals surface area contributed by atoms with Crippen LogP contribution >= 0.6 is 0 Å². The molecule has 10 heteroatoms. The second-order valence-corrected chi connectivity index (χ2v) is 10.5. The zero-order valence-corrected chi connectivity index (χ0v) is 19.6. The molecule has 9 nitrogen and oxygen atoms in total. The number of rotatable bonds is 8. The molecular formula is C23H30N4O5S. The van der Waals surface area contributed by atoms with Crippen LogP contribution in [0.25, 0.3) is 0 Å². The standard InChI is InChI=1S/C23H30N4O5S/c1-18-4-6-19(7-5-18)22(17-25-12-14-32-15-13-25)24-21-9-8-20(16-23(21)27(28)29)33(30,31)26-10-2-3-11-26/h4-9,16,22,24H,2-3,10-15,17H2,1H3. The molecule has 2 aliphatic rings. The van der Waals surface area contributed by atoms with E-state index in [-0.39, 0.29) is 16.6 Å². The number of hydrogen-bond acceptors (Lipinski definition) is 7. The lowest BCUT2D eigenvalue weighted by Crippen LogP contribution is -2.40. The highest BCUT2D eigenvalue weighted by Gasteiger charge is 2.30. The highest BCUT2D eigenvalue weighted by Crippen LogP contribution is 2.33. The van der Waals surface area contributed by atoms with Crippen molar-refractivity contribution in [2.75, 3.05) is 51.3 Å². The molecule has 2 saturated heterocycles. The molecule has 2 aliphatic heterocycles. The molecule has 0 spiro atoms. The van der Waals surface area contributed by atoms with Crippen LogP contribution in [-0.2, 0) is 14.8 Å². The van der Waals surface area contributed by atoms with Crippen molar-refractivity contribution < 1.29 is 18.1 Å². The minimum atomic E-state index is -3.74. The molecule has 0 saturated carbocycles. The van der Waals surface area contributed by atoms with Crippen molar-refractivity contribution in [3.05, 3.63) is 63.7 Å². The Labute approximate surface area is 194 Å². The van der Waals surface area contributed by atoms with Crippen LogP contribution in [0.2, 0.25) is 0 Å². The summed E-state index contributed by atoms with van der Waals surface area (Å²) in [6.07, 6.45) is 1.61. The lowest BCUT2D eigenvalue weighted by molar-refractivity contribution is -0.384. The van der Waals surface area contributed by atoms with Crippen LogP contribution in [0.1, 0.15) is 30.0 Å². The van der Waals surface area contributed by atoms with Gasteiger partial charge in [0, 0.05) is 38.8 Å². The predicted octanol–water partition coefficient (Wildman–Crippen LogP) is 3.17. The van der Waals surface area contributed by atoms with E-state index in [1.54, 1.807) is 0 Å². The number of anilines is 1. The van der Waals surface area contributed by atoms with Gasteiger partial charge in [-0.1, -0.05) is 29.8 Å². The summed E-state index contributed by atoms with van der Waals surface area (Å²) in [5.74, 6) is 0. The van der Waals surface area contributed by atoms with Crippen LogP contribution in [0, 0.1) is 17.0 Å². The SMILES string of the molecule is Cc1ccc(C(CN2CCOCC2)Nc2ccc(S(=O)(=O)N3CCCC3)cc2[N+](=O)[O-])cc1. The van der Waals surface area contributed by atoms with Crippen molar-refractivity contribution in [2.45, 2.75) is 30.7 Å². The summed E-state index contributed by atoms with van der Waals surface area (Å²) >= 11 is 0. The van der Waals surface area contributed by atoms with Gasteiger partial charge in [0.25, 0.3) is 5.69 Å². The van der Waals surface area contributed by atoms with Crippen LogP contribution in [0.5, 0.6) is 0 Å². The number of nitro groups is 1. The summed E-state index contributed by atoms with van der Waals surface area (Å²) in [6.45, 7) is 6.46. The van der Waals surface area contributed by atoms with E-state index >= 15 is 0 Å². The lowest BCUT2D eigenvalue weighted by atomic mass is 10.0. The summed E-state index contributed by atoms with van der Waals surface area (Å²) in [5, 5.41) is 15.2. The maximum atomic E-state index is 12.9. The van der Waals surface area contributed by atoms with Crippen molar-refractivity contribution in [3.8, 4) is 0 Å². The summed E-state index contributed by atoms with van der Waals surface area (Å²) in [5.41, 5.74) is 2.20. The maximum absolute atomic E-state index is 12.9. The highest BCUT2D eigenvalue weighted by atomic mass is 32.2. The van der Waals surface area contributed by atoms with Crippen LogP contribution in [-0.4, -0.2) is 68.5 Å². The Bertz CT molecular complexity index is 1080. The first-order valence-electron chi connectivity index (χ1n) is 11.3. The third-order valence-corrected chi connectivity index (χ3v) is 8.12. The lowest BCUT2D eigenvalue weighted by Gasteiger charge is -2.31. The maximum Gasteiger partial charge on any atom is 0.293 e. The first kappa shape index (κ1) is 23.6. The van der Waals surface area contributed by atoms with Gasteiger partial charge in [-0.05, 0) is 37.5 Å². The molecule has 1 N–H and O–H groups in total. The minimum absolute atomic E-state index is 0.0401. The summed E-state index contributed by atoms with van der Waals surface area (Å²) in [7, 11) is -3.74. The Morgan fingerprint density at radius 1 is 1.06 bits per heavy atom. The van der Waals surface area contributed by atoms with E-state index in [0.717, 1.165) is 37.1 Å². The number of nitro benzene ring substituents is 1. The zero-order valence-electron chi connectivity index (χ0n) is 18.8. The Morgan fingerprint density at radius 3 is 2.36 bits per heavy atom. The van der Waals surface area contributed by atoms with Gasteiger partial charge < -0.3 is 10.1 Å². The zero-order chi connectivity index (χ0) is 23.4. The van der Waals surface area contributed by atoms with E-state index in [1.807, 2.05) is 31.2 Å². The largest absolute Gasteiger partial charge is 0.379 e. The molecule has 4 rings (SSSR count). The number of nitrogens with one attached hydrogen (secondary N) is 1. The average molecular weight is 475 g/mol. The third-order valence-electron chi connectivity index (χ3n) is 6.22. The van der Waals surface area contributed by atoms with Gasteiger partial charge in [0.1, 0.15) is 5.69 Å². The van der Waals surface area contributed by atoms with Gasteiger partial charge >= 0.3 is 0 Å². The van der Waals surface area contributed by atoms with Crippen molar-refractivity contribution in [3.63, 3.8) is 0 Å². The Balaban J connectivity index is 1.64. The van der Waals surface area contributed by atoms with E-state index in [2.05, 4.69) is 10.2 Å². The van der Waals surface area contributed by atoms with Gasteiger partial charge in [0.05, 0.1) is 29.1 Å². The van der Waals surface area contributed by atoms with Crippen LogP contribution in [0.4, 0.5) is 11.4 Å². The molecule has 178 valence electrons. The number of sulfonamides is 1. The molecule has 2 fully saturated rings. The fourth-order valence-electron chi connectivity index (χ4n) is 4.29. The van der Waals surface area contributed by atoms with E-state index in [0.29, 0.717) is 38.5 Å². The van der Waals surface area contributed by atoms with Gasteiger partial charge in [-0.2, -0.15) is 4.31 Å². The number of nitrogens with zero attached hydrogens (tertiary/aromatic N) is 3. The van der Waals surface area contributed by atoms with Gasteiger partial charge in [0.2, 0.25) is 10.0 Å². The van der Waals surface area contributed by atoms with Gasteiger partial charge in [-0.15, -0.1) is 0 Å². The van der Waals surface area contributed by atoms with Gasteiger partial charge in [-0.25, -0.2) is 8.42 Å². The molecule has 33 heavy (non-hydrogen) atoms. The minimum Gasteiger partial charge on any atom is -0.379 e. The number of morpholine rings is 1. The third kappa shape index (κ3) is 5.52. The topological polar surface area (TPSA) is 105 Å². The summed E-state index contributed by atoms with van der Waals surface area (Å²) in [4.78, 5) is 13.6. The van der Waals surface area contributed by atoms with Crippen molar-refractivity contribution in [1.29, 1.82) is 0 Å². The Hall–Kier alpha value is -2.53. The van der Waals surface area contributed by atoms with Crippen LogP contribution in [0.15, 0.2) is 47.4 Å². The van der Waals surface area contributed by atoms with E-state index < -0.39 is 14.9 Å². The normalized spacial score (nSPS) is 18.8. The number of benzene rings is 2. The van der Waals surface area contributed by atoms with E-state index in [1.165, 1.54) is 22.5 Å². The summed E-state index contributed by atoms with van der Waals surface area (Å²) in [6, 6.07) is 12.0. The molecule has 0 bridgehead atoms. The molecule has 0 aromatic heterocycles. The highest BCUT2D eigenvalue weighted by molar-refractivity contribution is 7.89. The van der Waals surface area contributed by atoms with Crippen LogP contribution < -0.4 is 5.32 Å². The van der Waals surface area contributed by atoms with Crippen molar-refractivity contribution in [1.82, 2.24) is 9.21 Å². The summed E-state index contributed by atoms with van der Waals surface area (Å²) < 4.78 is 32.7. The second-order valence-electron chi connectivity index (χ2n) is 8.57. The van der Waals surface area contributed by atoms with Gasteiger partial charge in [0.15, 0.2) is 0 Å². The van der Waals surface area contributed by atoms with E-state index in [9.17, 15) is 18.5 Å². The van der Waals surface area contributed by atoms with Crippen LogP contribution in [0.3, 0.4) is 0 Å². The Morgan fingerprint density at radius 2 is 1.73 bits per heavy atom. The molecule has 0 aliphatic carbocycles. The first-order valence-corrected chi connectivity index (χ1v) is 12.7. The van der Waals surface area contributed by atoms with Gasteiger partial charge in [-0.3, -0.25) is 15.0 Å². The first-order chi connectivity index (χ1) is 15.8. The number of ether oxygens (including phenoxy) is 1. The Kier molecular flexibility index (Phi) is 7.28. The molecule has 1 atom stereocenters. The molecule has 2 aromatic carbocycles. The monoisotopic (exact) mass is 474 g/mol. The van der Waals surface area contributed by atoms with Crippen molar-refractivity contribution >= 4 is 21.4 Å². The fourth-order valence-corrected chi connectivity index (χ4v) is 5.82. The quantitative estimate of drug-likeness (QED) is 0.463. The molecule has 0 radical (unpaired) electrons. The van der Waals surface area contributed by atoms with E-state index in [4.69, 9.17) is 4.74 Å². The molecule has 2 heterocycles. The molecule has 0 amide bonds. The average Bonchev–Trinajstić information content (AvgIpc) is 3.36. The predicted molar refractivity (Wildman–Crippen MR) is 126 cm³/mol. The number of aryl methyl sites for hydroxylation is 1. The number of hydrogen-bond donors (Lipinski definition) is 1. The van der Waals surface area contributed by atoms with Crippen molar-refractivity contribution in [2.24, 2.45) is 0 Å². The fraction of sp³-hybridized carbons (Fsp3) is 0.478. The second kappa shape index (κ2) is 10.2. The molecular weight excluding hydrogens is 444 g/mol. The molecule has 1 unspecified atom stereocenters. The smallest absolute Gasteiger partial charge is 0.293 e.